The van der Waals surface area contributed by atoms with Gasteiger partial charge in [-0.2, -0.15) is 5.10 Å². The van der Waals surface area contributed by atoms with Gasteiger partial charge in [-0.1, -0.05) is 13.3 Å². The van der Waals surface area contributed by atoms with Crippen LogP contribution < -0.4 is 5.73 Å². The van der Waals surface area contributed by atoms with Crippen molar-refractivity contribution in [2.24, 2.45) is 0 Å². The molecule has 0 aliphatic rings. The zero-order chi connectivity index (χ0) is 13.8. The summed E-state index contributed by atoms with van der Waals surface area (Å²) in [7, 11) is 1.28. The van der Waals surface area contributed by atoms with E-state index in [0.717, 1.165) is 18.5 Å². The summed E-state index contributed by atoms with van der Waals surface area (Å²) in [5.74, 6) is -0.000564. The number of anilines is 1. The lowest BCUT2D eigenvalue weighted by atomic mass is 10.2. The predicted molar refractivity (Wildman–Crippen MR) is 68.9 cm³/mol. The van der Waals surface area contributed by atoms with Crippen molar-refractivity contribution in [3.8, 4) is 5.82 Å². The van der Waals surface area contributed by atoms with Gasteiger partial charge in [0.25, 0.3) is 0 Å². The fourth-order valence-corrected chi connectivity index (χ4v) is 1.66. The van der Waals surface area contributed by atoms with Crippen LogP contribution in [0.4, 0.5) is 5.69 Å². The Hall–Kier alpha value is -2.44. The molecule has 0 saturated heterocycles. The van der Waals surface area contributed by atoms with Gasteiger partial charge in [0.05, 0.1) is 19.0 Å². The summed E-state index contributed by atoms with van der Waals surface area (Å²) < 4.78 is 6.05. The van der Waals surface area contributed by atoms with E-state index in [9.17, 15) is 4.79 Å². The standard InChI is InChI=1S/C12H15N5O2/c1-3-4-8-5-10(15-7-14-8)17-6-9(13)11(16-17)12(18)19-2/h5-7H,3-4,13H2,1-2H3. The second kappa shape index (κ2) is 5.47. The maximum absolute atomic E-state index is 11.4. The van der Waals surface area contributed by atoms with Gasteiger partial charge in [-0.3, -0.25) is 0 Å². The van der Waals surface area contributed by atoms with E-state index in [1.807, 2.05) is 6.07 Å². The molecule has 7 heteroatoms. The van der Waals surface area contributed by atoms with Gasteiger partial charge in [0.15, 0.2) is 11.5 Å². The van der Waals surface area contributed by atoms with E-state index in [1.165, 1.54) is 24.3 Å². The van der Waals surface area contributed by atoms with Crippen LogP contribution in [-0.4, -0.2) is 32.8 Å². The Kier molecular flexibility index (Phi) is 3.74. The summed E-state index contributed by atoms with van der Waals surface area (Å²) >= 11 is 0. The average Bonchev–Trinajstić information content (AvgIpc) is 2.81. The van der Waals surface area contributed by atoms with Crippen LogP contribution in [0.15, 0.2) is 18.6 Å². The first kappa shape index (κ1) is 13.0. The first-order chi connectivity index (χ1) is 9.15. The Balaban J connectivity index is 2.36. The number of rotatable bonds is 4. The summed E-state index contributed by atoms with van der Waals surface area (Å²) in [4.78, 5) is 19.7. The molecule has 0 fully saturated rings. The smallest absolute Gasteiger partial charge is 0.360 e. The summed E-state index contributed by atoms with van der Waals surface area (Å²) in [6.45, 7) is 2.07. The van der Waals surface area contributed by atoms with Crippen LogP contribution in [0.1, 0.15) is 29.5 Å². The number of hydrogen-bond donors (Lipinski definition) is 1. The lowest BCUT2D eigenvalue weighted by molar-refractivity contribution is 0.0594. The van der Waals surface area contributed by atoms with Crippen molar-refractivity contribution in [1.29, 1.82) is 0 Å². The molecule has 0 spiro atoms. The molecule has 0 atom stereocenters. The number of nitrogens with two attached hydrogens (primary N) is 1. The highest BCUT2D eigenvalue weighted by atomic mass is 16.5. The number of carbonyl (C=O) groups excluding carboxylic acids is 1. The van der Waals surface area contributed by atoms with E-state index in [4.69, 9.17) is 5.73 Å². The van der Waals surface area contributed by atoms with Gasteiger partial charge in [0, 0.05) is 11.8 Å². The quantitative estimate of drug-likeness (QED) is 0.824. The monoisotopic (exact) mass is 261 g/mol. The Morgan fingerprint density at radius 1 is 1.47 bits per heavy atom. The minimum Gasteiger partial charge on any atom is -0.464 e. The van der Waals surface area contributed by atoms with Crippen molar-refractivity contribution in [3.63, 3.8) is 0 Å². The Morgan fingerprint density at radius 2 is 2.26 bits per heavy atom. The Bertz CT molecular complexity index is 594. The molecule has 19 heavy (non-hydrogen) atoms. The third kappa shape index (κ3) is 2.70. The molecular formula is C12H15N5O2. The van der Waals surface area contributed by atoms with Crippen LogP contribution in [0, 0.1) is 0 Å². The Morgan fingerprint density at radius 3 is 2.95 bits per heavy atom. The van der Waals surface area contributed by atoms with Gasteiger partial charge in [-0.25, -0.2) is 19.4 Å². The van der Waals surface area contributed by atoms with E-state index in [-0.39, 0.29) is 11.4 Å². The van der Waals surface area contributed by atoms with E-state index in [1.54, 1.807) is 0 Å². The highest BCUT2D eigenvalue weighted by Gasteiger charge is 2.16. The second-order valence-electron chi connectivity index (χ2n) is 3.99. The van der Waals surface area contributed by atoms with Crippen molar-refractivity contribution >= 4 is 11.7 Å². The molecule has 0 radical (unpaired) electrons. The average molecular weight is 261 g/mol. The highest BCUT2D eigenvalue weighted by molar-refractivity contribution is 5.92. The van der Waals surface area contributed by atoms with Crippen molar-refractivity contribution in [3.05, 3.63) is 30.0 Å². The molecule has 0 aliphatic carbocycles. The molecule has 7 nitrogen and oxygen atoms in total. The number of ether oxygens (including phenoxy) is 1. The van der Waals surface area contributed by atoms with Gasteiger partial charge in [-0.05, 0) is 6.42 Å². The number of nitrogens with zero attached hydrogens (tertiary/aromatic N) is 4. The van der Waals surface area contributed by atoms with Crippen LogP contribution in [0.5, 0.6) is 0 Å². The van der Waals surface area contributed by atoms with Crippen LogP contribution >= 0.6 is 0 Å². The van der Waals surface area contributed by atoms with Crippen LogP contribution in [0.2, 0.25) is 0 Å². The van der Waals surface area contributed by atoms with Gasteiger partial charge in [0.2, 0.25) is 0 Å². The number of methoxy groups -OCH3 is 1. The van der Waals surface area contributed by atoms with Gasteiger partial charge >= 0.3 is 5.97 Å². The first-order valence-corrected chi connectivity index (χ1v) is 5.90. The molecule has 100 valence electrons. The predicted octanol–water partition coefficient (Wildman–Crippen LogP) is 0.984. The van der Waals surface area contributed by atoms with E-state index < -0.39 is 5.97 Å². The zero-order valence-corrected chi connectivity index (χ0v) is 10.8. The van der Waals surface area contributed by atoms with Gasteiger partial charge < -0.3 is 10.5 Å². The minimum atomic E-state index is -0.570. The summed E-state index contributed by atoms with van der Waals surface area (Å²) in [5.41, 5.74) is 6.98. The van der Waals surface area contributed by atoms with Gasteiger partial charge in [-0.15, -0.1) is 0 Å². The molecular weight excluding hydrogens is 246 g/mol. The number of nitrogen functional groups attached to an aromatic ring is 1. The number of aryl methyl sites for hydroxylation is 1. The van der Waals surface area contributed by atoms with Crippen LogP contribution in [0.25, 0.3) is 5.82 Å². The minimum absolute atomic E-state index is 0.0816. The van der Waals surface area contributed by atoms with Crippen molar-refractivity contribution < 1.29 is 9.53 Å². The number of hydrogen-bond acceptors (Lipinski definition) is 6. The van der Waals surface area contributed by atoms with Crippen molar-refractivity contribution in [2.45, 2.75) is 19.8 Å². The molecule has 0 saturated carbocycles. The molecule has 0 amide bonds. The number of carbonyl (C=O) groups is 1. The SMILES string of the molecule is CCCc1cc(-n2cc(N)c(C(=O)OC)n2)ncn1. The van der Waals surface area contributed by atoms with Crippen molar-refractivity contribution in [1.82, 2.24) is 19.7 Å². The summed E-state index contributed by atoms with van der Waals surface area (Å²) in [6, 6.07) is 1.82. The largest absolute Gasteiger partial charge is 0.464 e. The third-order valence-corrected chi connectivity index (χ3v) is 2.57. The molecule has 2 N–H and O–H groups in total. The van der Waals surface area contributed by atoms with Crippen molar-refractivity contribution in [2.75, 3.05) is 12.8 Å². The second-order valence-corrected chi connectivity index (χ2v) is 3.99. The Labute approximate surface area is 110 Å². The molecule has 0 unspecified atom stereocenters. The lowest BCUT2D eigenvalue weighted by Gasteiger charge is -2.02. The number of aromatic nitrogens is 4. The molecule has 2 heterocycles. The van der Waals surface area contributed by atoms with Gasteiger partial charge in [0.1, 0.15) is 6.33 Å². The molecule has 0 aliphatic heterocycles. The fourth-order valence-electron chi connectivity index (χ4n) is 1.66. The van der Waals surface area contributed by atoms with E-state index >= 15 is 0 Å². The molecule has 2 aromatic heterocycles. The fraction of sp³-hybridized carbons (Fsp3) is 0.333. The van der Waals surface area contributed by atoms with Crippen LogP contribution in [-0.2, 0) is 11.2 Å². The normalized spacial score (nSPS) is 10.4. The lowest BCUT2D eigenvalue weighted by Crippen LogP contribution is -2.07. The number of esters is 1. The first-order valence-electron chi connectivity index (χ1n) is 5.90. The molecule has 2 aromatic rings. The summed E-state index contributed by atoms with van der Waals surface area (Å²) in [5, 5.41) is 4.08. The zero-order valence-electron chi connectivity index (χ0n) is 10.8. The summed E-state index contributed by atoms with van der Waals surface area (Å²) in [6.07, 6.45) is 4.85. The highest BCUT2D eigenvalue weighted by Crippen LogP contribution is 2.14. The van der Waals surface area contributed by atoms with E-state index in [0.29, 0.717) is 5.82 Å². The topological polar surface area (TPSA) is 95.9 Å². The van der Waals surface area contributed by atoms with Crippen LogP contribution in [0.3, 0.4) is 0 Å². The maximum Gasteiger partial charge on any atom is 0.360 e. The third-order valence-electron chi connectivity index (χ3n) is 2.57. The van der Waals surface area contributed by atoms with E-state index in [2.05, 4.69) is 26.7 Å². The maximum atomic E-state index is 11.4. The molecule has 2 rings (SSSR count). The molecule has 0 bridgehead atoms. The molecule has 0 aromatic carbocycles.